The summed E-state index contributed by atoms with van der Waals surface area (Å²) in [7, 11) is 0. The Morgan fingerprint density at radius 2 is 2.00 bits per heavy atom. The maximum absolute atomic E-state index is 10.4. The maximum Gasteiger partial charge on any atom is 0.165 e. The number of anilines is 1. The highest BCUT2D eigenvalue weighted by Crippen LogP contribution is 2.15. The van der Waals surface area contributed by atoms with Crippen molar-refractivity contribution in [1.82, 2.24) is 24.4 Å². The van der Waals surface area contributed by atoms with E-state index < -0.39 is 6.10 Å². The zero-order valence-corrected chi connectivity index (χ0v) is 12.9. The number of imidazole rings is 1. The van der Waals surface area contributed by atoms with E-state index >= 15 is 0 Å². The molecule has 0 bridgehead atoms. The van der Waals surface area contributed by atoms with E-state index in [0.717, 1.165) is 13.1 Å². The van der Waals surface area contributed by atoms with Gasteiger partial charge in [-0.15, -0.1) is 0 Å². The zero-order valence-electron chi connectivity index (χ0n) is 12.9. The average molecular weight is 306 g/mol. The van der Waals surface area contributed by atoms with E-state index in [9.17, 15) is 5.11 Å². The Balaban J connectivity index is 1.66. The molecule has 3 heterocycles. The fourth-order valence-electron chi connectivity index (χ4n) is 3.05. The molecule has 2 aromatic rings. The Morgan fingerprint density at radius 3 is 2.73 bits per heavy atom. The number of aromatic nitrogens is 4. The summed E-state index contributed by atoms with van der Waals surface area (Å²) in [6.07, 6.45) is 2.93. The number of rotatable bonds is 4. The topological polar surface area (TPSA) is 102 Å². The third-order valence-corrected chi connectivity index (χ3v) is 3.80. The first-order chi connectivity index (χ1) is 10.5. The van der Waals surface area contributed by atoms with Gasteiger partial charge in [-0.2, -0.15) is 0 Å². The van der Waals surface area contributed by atoms with E-state index in [2.05, 4.69) is 33.7 Å². The van der Waals surface area contributed by atoms with Gasteiger partial charge in [-0.1, -0.05) is 0 Å². The lowest BCUT2D eigenvalue weighted by atomic mass is 10.2. The van der Waals surface area contributed by atoms with Gasteiger partial charge in [0, 0.05) is 19.6 Å². The Labute approximate surface area is 128 Å². The van der Waals surface area contributed by atoms with Crippen LogP contribution in [0.3, 0.4) is 0 Å². The van der Waals surface area contributed by atoms with Crippen LogP contribution in [0, 0.1) is 0 Å². The molecular weight excluding hydrogens is 284 g/mol. The number of aliphatic hydroxyl groups is 1. The van der Waals surface area contributed by atoms with Gasteiger partial charge >= 0.3 is 0 Å². The first-order valence-corrected chi connectivity index (χ1v) is 7.50. The molecule has 0 spiro atoms. The number of morpholine rings is 1. The molecule has 0 aromatic carbocycles. The fourth-order valence-corrected chi connectivity index (χ4v) is 3.05. The van der Waals surface area contributed by atoms with Crippen LogP contribution in [-0.2, 0) is 11.3 Å². The Bertz CT molecular complexity index is 635. The van der Waals surface area contributed by atoms with E-state index in [1.54, 1.807) is 6.33 Å². The van der Waals surface area contributed by atoms with E-state index in [-0.39, 0.29) is 12.2 Å². The van der Waals surface area contributed by atoms with Gasteiger partial charge < -0.3 is 20.1 Å². The van der Waals surface area contributed by atoms with Crippen LogP contribution < -0.4 is 5.73 Å². The van der Waals surface area contributed by atoms with Gasteiger partial charge in [0.25, 0.3) is 0 Å². The normalized spacial score (nSPS) is 24.7. The van der Waals surface area contributed by atoms with Crippen molar-refractivity contribution in [2.45, 2.75) is 38.7 Å². The van der Waals surface area contributed by atoms with Gasteiger partial charge in [-0.05, 0) is 13.8 Å². The number of hydrogen-bond acceptors (Lipinski definition) is 7. The first kappa shape index (κ1) is 15.1. The number of aliphatic hydroxyl groups excluding tert-OH is 1. The average Bonchev–Trinajstić information content (AvgIpc) is 2.82. The van der Waals surface area contributed by atoms with Crippen LogP contribution >= 0.6 is 0 Å². The highest BCUT2D eigenvalue weighted by atomic mass is 16.5. The van der Waals surface area contributed by atoms with Crippen molar-refractivity contribution < 1.29 is 9.84 Å². The molecule has 3 rings (SSSR count). The first-order valence-electron chi connectivity index (χ1n) is 7.50. The lowest BCUT2D eigenvalue weighted by molar-refractivity contribution is -0.0772. The van der Waals surface area contributed by atoms with Crippen molar-refractivity contribution in [1.29, 1.82) is 0 Å². The molecule has 0 radical (unpaired) electrons. The maximum atomic E-state index is 10.4. The second-order valence-electron chi connectivity index (χ2n) is 5.96. The molecule has 8 nitrogen and oxygen atoms in total. The molecule has 0 aliphatic carbocycles. The Morgan fingerprint density at radius 1 is 1.27 bits per heavy atom. The van der Waals surface area contributed by atoms with Crippen molar-refractivity contribution in [3.63, 3.8) is 0 Å². The van der Waals surface area contributed by atoms with E-state index in [1.807, 2.05) is 4.57 Å². The molecule has 0 saturated carbocycles. The largest absolute Gasteiger partial charge is 0.390 e. The van der Waals surface area contributed by atoms with Crippen LogP contribution in [0.2, 0.25) is 0 Å². The van der Waals surface area contributed by atoms with E-state index in [0.29, 0.717) is 30.1 Å². The van der Waals surface area contributed by atoms with Crippen LogP contribution in [0.1, 0.15) is 13.8 Å². The van der Waals surface area contributed by atoms with Crippen molar-refractivity contribution >= 4 is 17.0 Å². The van der Waals surface area contributed by atoms with Crippen molar-refractivity contribution in [3.8, 4) is 0 Å². The lowest BCUT2D eigenvalue weighted by Gasteiger charge is -2.36. The molecule has 2 aromatic heterocycles. The molecule has 0 amide bonds. The molecule has 8 heteroatoms. The van der Waals surface area contributed by atoms with Gasteiger partial charge in [0.05, 0.1) is 31.2 Å². The summed E-state index contributed by atoms with van der Waals surface area (Å²) in [6, 6.07) is 0. The number of ether oxygens (including phenoxy) is 1. The van der Waals surface area contributed by atoms with Gasteiger partial charge in [0.1, 0.15) is 11.8 Å². The second-order valence-corrected chi connectivity index (χ2v) is 5.96. The number of nitrogen functional groups attached to an aromatic ring is 1. The Hall–Kier alpha value is -1.77. The highest BCUT2D eigenvalue weighted by molar-refractivity contribution is 5.81. The van der Waals surface area contributed by atoms with Crippen molar-refractivity contribution in [2.24, 2.45) is 0 Å². The lowest BCUT2D eigenvalue weighted by Crippen LogP contribution is -2.48. The predicted molar refractivity (Wildman–Crippen MR) is 82.2 cm³/mol. The third kappa shape index (κ3) is 3.18. The zero-order chi connectivity index (χ0) is 15.7. The summed E-state index contributed by atoms with van der Waals surface area (Å²) in [5.41, 5.74) is 6.99. The van der Waals surface area contributed by atoms with Crippen molar-refractivity contribution in [2.75, 3.05) is 25.4 Å². The predicted octanol–water partition coefficient (Wildman–Crippen LogP) is -0.121. The quantitative estimate of drug-likeness (QED) is 0.811. The van der Waals surface area contributed by atoms with Gasteiger partial charge in [0.15, 0.2) is 11.5 Å². The summed E-state index contributed by atoms with van der Waals surface area (Å²) in [5, 5.41) is 10.4. The number of fused-ring (bicyclic) bond motifs is 1. The van der Waals surface area contributed by atoms with E-state index in [4.69, 9.17) is 10.5 Å². The summed E-state index contributed by atoms with van der Waals surface area (Å²) >= 11 is 0. The molecule has 1 saturated heterocycles. The van der Waals surface area contributed by atoms with Crippen LogP contribution in [-0.4, -0.2) is 67.5 Å². The Kier molecular flexibility index (Phi) is 4.23. The molecule has 1 fully saturated rings. The van der Waals surface area contributed by atoms with Gasteiger partial charge in [-0.3, -0.25) is 4.90 Å². The molecule has 1 aliphatic heterocycles. The van der Waals surface area contributed by atoms with Crippen LogP contribution in [0.25, 0.3) is 11.2 Å². The fraction of sp³-hybridized carbons (Fsp3) is 0.643. The number of hydrogen-bond donors (Lipinski definition) is 2. The monoisotopic (exact) mass is 306 g/mol. The molecule has 22 heavy (non-hydrogen) atoms. The summed E-state index contributed by atoms with van der Waals surface area (Å²) in [6.45, 7) is 6.80. The smallest absolute Gasteiger partial charge is 0.165 e. The summed E-state index contributed by atoms with van der Waals surface area (Å²) in [5.74, 6) is 0.356. The van der Waals surface area contributed by atoms with Crippen molar-refractivity contribution in [3.05, 3.63) is 12.7 Å². The SMILES string of the molecule is C[C@@H]1CN(CC(O)Cn2cnc3c(N)ncnc32)C[C@H](C)O1. The molecular formula is C14H22N6O2. The molecule has 120 valence electrons. The molecule has 1 aliphatic rings. The third-order valence-electron chi connectivity index (χ3n) is 3.80. The minimum absolute atomic E-state index is 0.192. The number of β-amino-alcohol motifs (C(OH)–C–C–N with tert-alkyl or cyclic N) is 1. The standard InChI is InChI=1S/C14H22N6O2/c1-9-3-19(4-10(2)22-9)5-11(21)6-20-8-18-12-13(15)16-7-17-14(12)20/h7-11,21H,3-6H2,1-2H3,(H2,15,16,17)/t9-,10+,11?. The van der Waals surface area contributed by atoms with Crippen LogP contribution in [0.5, 0.6) is 0 Å². The second kappa shape index (κ2) is 6.15. The molecule has 3 N–H and O–H groups in total. The van der Waals surface area contributed by atoms with Gasteiger partial charge in [0.2, 0.25) is 0 Å². The summed E-state index contributed by atoms with van der Waals surface area (Å²) < 4.78 is 7.52. The van der Waals surface area contributed by atoms with Gasteiger partial charge in [-0.25, -0.2) is 15.0 Å². The summed E-state index contributed by atoms with van der Waals surface area (Å²) in [4.78, 5) is 14.5. The van der Waals surface area contributed by atoms with E-state index in [1.165, 1.54) is 6.33 Å². The highest BCUT2D eigenvalue weighted by Gasteiger charge is 2.24. The van der Waals surface area contributed by atoms with Crippen LogP contribution in [0.4, 0.5) is 5.82 Å². The minimum atomic E-state index is -0.508. The number of nitrogens with zero attached hydrogens (tertiary/aromatic N) is 5. The number of nitrogens with two attached hydrogens (primary N) is 1. The molecule has 3 atom stereocenters. The van der Waals surface area contributed by atoms with Crippen LogP contribution in [0.15, 0.2) is 12.7 Å². The molecule has 1 unspecified atom stereocenters. The minimum Gasteiger partial charge on any atom is -0.390 e.